The molecule has 0 aromatic heterocycles. The average molecular weight is 299 g/mol. The van der Waals surface area contributed by atoms with Crippen molar-refractivity contribution in [3.8, 4) is 0 Å². The molecule has 0 aliphatic carbocycles. The largest absolute Gasteiger partial charge is 0.147 e. The van der Waals surface area contributed by atoms with E-state index in [-0.39, 0.29) is 37.2 Å². The van der Waals surface area contributed by atoms with E-state index in [1.165, 1.54) is 56.1 Å². The summed E-state index contributed by atoms with van der Waals surface area (Å²) in [6.07, 6.45) is 11.6. The predicted molar refractivity (Wildman–Crippen MR) is 69.2 cm³/mol. The van der Waals surface area contributed by atoms with Crippen LogP contribution in [0.25, 0.3) is 0 Å². The van der Waals surface area contributed by atoms with Gasteiger partial charge in [-0.2, -0.15) is 0 Å². The van der Waals surface area contributed by atoms with Crippen molar-refractivity contribution in [2.45, 2.75) is 63.0 Å². The van der Waals surface area contributed by atoms with Crippen LogP contribution in [0.5, 0.6) is 0 Å². The molecule has 0 unspecified atom stereocenters. The molecule has 0 nitrogen and oxygen atoms in total. The zero-order chi connectivity index (χ0) is 8.36. The van der Waals surface area contributed by atoms with Crippen molar-refractivity contribution >= 4 is 37.2 Å². The van der Waals surface area contributed by atoms with E-state index in [0.717, 1.165) is 0 Å². The van der Waals surface area contributed by atoms with E-state index < -0.39 is 0 Å². The van der Waals surface area contributed by atoms with Gasteiger partial charge in [-0.1, -0.05) is 0 Å². The van der Waals surface area contributed by atoms with Crippen molar-refractivity contribution in [1.29, 1.82) is 0 Å². The Labute approximate surface area is 120 Å². The molecular formula is C10H24Cl3Ti. The summed E-state index contributed by atoms with van der Waals surface area (Å²) in [6, 6.07) is 0. The Morgan fingerprint density at radius 1 is 0.643 bits per heavy atom. The van der Waals surface area contributed by atoms with Gasteiger partial charge in [0.1, 0.15) is 0 Å². The summed E-state index contributed by atoms with van der Waals surface area (Å²) >= 11 is 2.27. The zero-order valence-electron chi connectivity index (χ0n) is 9.09. The molecule has 0 aliphatic rings. The Morgan fingerprint density at radius 2 is 1.00 bits per heavy atom. The van der Waals surface area contributed by atoms with E-state index in [4.69, 9.17) is 0 Å². The van der Waals surface area contributed by atoms with Gasteiger partial charge in [0, 0.05) is 0 Å². The second kappa shape index (κ2) is 24.0. The van der Waals surface area contributed by atoms with Crippen LogP contribution in [0.15, 0.2) is 0 Å². The fourth-order valence-electron chi connectivity index (χ4n) is 1.26. The Bertz CT molecular complexity index is 64.4. The van der Waals surface area contributed by atoms with E-state index in [2.05, 4.69) is 27.4 Å². The SMILES string of the molecule is CCCCCCCCC[CH2][Ti].Cl.Cl.Cl. The molecule has 89 valence electrons. The number of hydrogen-bond acceptors (Lipinski definition) is 0. The van der Waals surface area contributed by atoms with Gasteiger partial charge < -0.3 is 0 Å². The van der Waals surface area contributed by atoms with Gasteiger partial charge >= 0.3 is 83.5 Å². The molecule has 0 radical (unpaired) electrons. The van der Waals surface area contributed by atoms with Crippen LogP contribution in [0, 0.1) is 0 Å². The zero-order valence-corrected chi connectivity index (χ0v) is 13.1. The normalized spacial score (nSPS) is 8.00. The standard InChI is InChI=1S/C10H21.3ClH.Ti/c1-3-5-7-9-10-8-6-4-2;;;;/h1,3-10H2,2H3;3*1H;. The van der Waals surface area contributed by atoms with Gasteiger partial charge in [0.25, 0.3) is 0 Å². The monoisotopic (exact) mass is 297 g/mol. The van der Waals surface area contributed by atoms with Gasteiger partial charge in [-0.15, -0.1) is 37.2 Å². The Kier molecular flexibility index (Phi) is 42.4. The number of rotatable bonds is 8. The molecule has 0 N–H and O–H groups in total. The minimum Gasteiger partial charge on any atom is -0.147 e. The Hall–Kier alpha value is 1.58. The molecule has 4 heteroatoms. The summed E-state index contributed by atoms with van der Waals surface area (Å²) in [5.74, 6) is 0. The fourth-order valence-corrected chi connectivity index (χ4v) is 1.65. The average Bonchev–Trinajstić information content (AvgIpc) is 2.03. The molecule has 0 bridgehead atoms. The van der Waals surface area contributed by atoms with E-state index in [9.17, 15) is 0 Å². The van der Waals surface area contributed by atoms with Crippen LogP contribution >= 0.6 is 37.2 Å². The van der Waals surface area contributed by atoms with E-state index >= 15 is 0 Å². The third-order valence-electron chi connectivity index (χ3n) is 2.03. The first kappa shape index (κ1) is 24.7. The van der Waals surface area contributed by atoms with Crippen molar-refractivity contribution in [2.24, 2.45) is 0 Å². The predicted octanol–water partition coefficient (Wildman–Crippen LogP) is 5.36. The minimum absolute atomic E-state index is 0. The first-order valence-electron chi connectivity index (χ1n) is 5.06. The topological polar surface area (TPSA) is 0 Å². The summed E-state index contributed by atoms with van der Waals surface area (Å²) in [5.41, 5.74) is 0. The molecule has 0 amide bonds. The van der Waals surface area contributed by atoms with E-state index in [0.29, 0.717) is 0 Å². The van der Waals surface area contributed by atoms with Gasteiger partial charge in [0.05, 0.1) is 0 Å². The van der Waals surface area contributed by atoms with Crippen LogP contribution in [0.2, 0.25) is 4.73 Å². The van der Waals surface area contributed by atoms with Crippen LogP contribution in [-0.4, -0.2) is 0 Å². The van der Waals surface area contributed by atoms with Gasteiger partial charge in [0.15, 0.2) is 0 Å². The molecule has 14 heavy (non-hydrogen) atoms. The fraction of sp³-hybridized carbons (Fsp3) is 1.00. The molecule has 0 atom stereocenters. The number of halogens is 3. The van der Waals surface area contributed by atoms with Crippen LogP contribution in [0.3, 0.4) is 0 Å². The van der Waals surface area contributed by atoms with E-state index in [1.54, 1.807) is 0 Å². The van der Waals surface area contributed by atoms with Gasteiger partial charge in [0.2, 0.25) is 0 Å². The Balaban J connectivity index is -0.000000167. The van der Waals surface area contributed by atoms with Crippen molar-refractivity contribution in [3.05, 3.63) is 0 Å². The molecule has 0 saturated carbocycles. The molecule has 0 aromatic carbocycles. The molecule has 0 spiro atoms. The van der Waals surface area contributed by atoms with Crippen LogP contribution < -0.4 is 0 Å². The maximum absolute atomic E-state index is 2.27. The first-order chi connectivity index (χ1) is 5.41. The second-order valence-electron chi connectivity index (χ2n) is 3.22. The van der Waals surface area contributed by atoms with E-state index in [1.807, 2.05) is 0 Å². The number of unbranched alkanes of at least 4 members (excludes halogenated alkanes) is 7. The smallest absolute Gasteiger partial charge is 0.147 e. The molecule has 0 saturated heterocycles. The quantitative estimate of drug-likeness (QED) is 0.418. The summed E-state index contributed by atoms with van der Waals surface area (Å²) in [6.45, 7) is 2.27. The minimum atomic E-state index is 0. The third-order valence-corrected chi connectivity index (χ3v) is 2.58. The van der Waals surface area contributed by atoms with Crippen LogP contribution in [0.4, 0.5) is 0 Å². The molecule has 0 fully saturated rings. The molecular weight excluding hydrogens is 274 g/mol. The second-order valence-corrected chi connectivity index (χ2v) is 4.01. The van der Waals surface area contributed by atoms with Crippen LogP contribution in [-0.2, 0) is 20.4 Å². The molecule has 0 aromatic rings. The summed E-state index contributed by atoms with van der Waals surface area (Å²) < 4.78 is 1.37. The van der Waals surface area contributed by atoms with Gasteiger partial charge in [-0.25, -0.2) is 0 Å². The van der Waals surface area contributed by atoms with Crippen molar-refractivity contribution in [3.63, 3.8) is 0 Å². The molecule has 0 rings (SSSR count). The summed E-state index contributed by atoms with van der Waals surface area (Å²) in [4.78, 5) is 0. The van der Waals surface area contributed by atoms with Gasteiger partial charge in [-0.3, -0.25) is 0 Å². The maximum Gasteiger partial charge on any atom is -0.147 e. The molecule has 0 heterocycles. The van der Waals surface area contributed by atoms with Crippen LogP contribution in [0.1, 0.15) is 58.3 Å². The van der Waals surface area contributed by atoms with Crippen molar-refractivity contribution in [2.75, 3.05) is 0 Å². The van der Waals surface area contributed by atoms with Gasteiger partial charge in [-0.05, 0) is 0 Å². The first-order valence-corrected chi connectivity index (χ1v) is 6.16. The third kappa shape index (κ3) is 23.4. The van der Waals surface area contributed by atoms with Crippen molar-refractivity contribution in [1.82, 2.24) is 0 Å². The summed E-state index contributed by atoms with van der Waals surface area (Å²) in [7, 11) is 0. The Morgan fingerprint density at radius 3 is 1.36 bits per heavy atom. The van der Waals surface area contributed by atoms with Crippen molar-refractivity contribution < 1.29 is 20.4 Å². The maximum atomic E-state index is 2.27. The molecule has 0 aliphatic heterocycles. The number of hydrogen-bond donors (Lipinski definition) is 0. The summed E-state index contributed by atoms with van der Waals surface area (Å²) in [5, 5.41) is 0.